The maximum absolute atomic E-state index is 11.2. The molecule has 0 heterocycles. The first-order chi connectivity index (χ1) is 8.70. The maximum atomic E-state index is 11.2. The van der Waals surface area contributed by atoms with Gasteiger partial charge in [-0.3, -0.25) is 4.79 Å². The number of amides is 2. The van der Waals surface area contributed by atoms with E-state index in [1.807, 2.05) is 0 Å². The molecule has 0 aromatic rings. The van der Waals surface area contributed by atoms with E-state index in [2.05, 4.69) is 15.4 Å². The minimum atomic E-state index is -0.449. The van der Waals surface area contributed by atoms with Crippen molar-refractivity contribution in [2.75, 3.05) is 46.6 Å². The molecule has 2 N–H and O–H groups in total. The van der Waals surface area contributed by atoms with E-state index in [1.165, 1.54) is 0 Å². The number of carbonyl (C=O) groups excluding carboxylic acids is 2. The number of nitrogens with one attached hydrogen (secondary N) is 2. The van der Waals surface area contributed by atoms with E-state index in [-0.39, 0.29) is 12.6 Å². The van der Waals surface area contributed by atoms with Crippen molar-refractivity contribution in [3.63, 3.8) is 0 Å². The van der Waals surface area contributed by atoms with Crippen molar-refractivity contribution in [2.24, 2.45) is 0 Å². The zero-order valence-electron chi connectivity index (χ0n) is 11.0. The van der Waals surface area contributed by atoms with Crippen LogP contribution in [0.4, 0.5) is 4.79 Å². The van der Waals surface area contributed by atoms with Crippen molar-refractivity contribution in [1.29, 1.82) is 0 Å². The minimum absolute atomic E-state index is 0.121. The molecule has 7 heteroatoms. The third-order valence-electron chi connectivity index (χ3n) is 1.88. The van der Waals surface area contributed by atoms with Crippen molar-refractivity contribution in [3.8, 4) is 0 Å². The summed E-state index contributed by atoms with van der Waals surface area (Å²) in [5, 5.41) is 4.99. The van der Waals surface area contributed by atoms with Gasteiger partial charge < -0.3 is 24.8 Å². The first-order valence-electron chi connectivity index (χ1n) is 5.94. The topological polar surface area (TPSA) is 85.9 Å². The Hall–Kier alpha value is -1.34. The monoisotopic (exact) mass is 262 g/mol. The summed E-state index contributed by atoms with van der Waals surface area (Å²) < 4.78 is 14.7. The molecule has 0 aliphatic rings. The number of urea groups is 1. The van der Waals surface area contributed by atoms with Gasteiger partial charge in [0.1, 0.15) is 6.54 Å². The molecule has 0 atom stereocenters. The van der Waals surface area contributed by atoms with Gasteiger partial charge in [0.25, 0.3) is 0 Å². The lowest BCUT2D eigenvalue weighted by atomic mass is 10.4. The number of ether oxygens (including phenoxy) is 3. The molecule has 0 saturated carbocycles. The van der Waals surface area contributed by atoms with Crippen molar-refractivity contribution >= 4 is 12.0 Å². The number of esters is 1. The van der Waals surface area contributed by atoms with Crippen molar-refractivity contribution in [3.05, 3.63) is 0 Å². The Morgan fingerprint density at radius 1 is 1.11 bits per heavy atom. The first kappa shape index (κ1) is 16.7. The quantitative estimate of drug-likeness (QED) is 0.424. The van der Waals surface area contributed by atoms with Gasteiger partial charge in [0, 0.05) is 20.3 Å². The Bertz CT molecular complexity index is 235. The summed E-state index contributed by atoms with van der Waals surface area (Å²) in [5.74, 6) is -0.449. The normalized spacial score (nSPS) is 9.89. The molecule has 0 aromatic heterocycles. The van der Waals surface area contributed by atoms with Gasteiger partial charge in [-0.2, -0.15) is 0 Å². The molecule has 18 heavy (non-hydrogen) atoms. The second-order valence-corrected chi connectivity index (χ2v) is 3.37. The summed E-state index contributed by atoms with van der Waals surface area (Å²) in [6, 6.07) is -0.389. The van der Waals surface area contributed by atoms with Crippen molar-refractivity contribution in [1.82, 2.24) is 10.6 Å². The van der Waals surface area contributed by atoms with Gasteiger partial charge in [-0.25, -0.2) is 4.79 Å². The van der Waals surface area contributed by atoms with Gasteiger partial charge in [-0.1, -0.05) is 0 Å². The van der Waals surface area contributed by atoms with E-state index in [9.17, 15) is 9.59 Å². The largest absolute Gasteiger partial charge is 0.465 e. The second-order valence-electron chi connectivity index (χ2n) is 3.37. The molecule has 2 amide bonds. The van der Waals surface area contributed by atoms with Crippen LogP contribution in [0.15, 0.2) is 0 Å². The highest BCUT2D eigenvalue weighted by molar-refractivity contribution is 5.80. The fourth-order valence-corrected chi connectivity index (χ4v) is 1.05. The van der Waals surface area contributed by atoms with Crippen LogP contribution in [0, 0.1) is 0 Å². The van der Waals surface area contributed by atoms with Crippen LogP contribution in [-0.4, -0.2) is 58.6 Å². The van der Waals surface area contributed by atoms with E-state index < -0.39 is 5.97 Å². The van der Waals surface area contributed by atoms with Crippen LogP contribution in [0.25, 0.3) is 0 Å². The van der Waals surface area contributed by atoms with Crippen LogP contribution in [0.1, 0.15) is 13.3 Å². The Morgan fingerprint density at radius 2 is 1.89 bits per heavy atom. The highest BCUT2D eigenvalue weighted by Crippen LogP contribution is 1.82. The maximum Gasteiger partial charge on any atom is 0.325 e. The van der Waals surface area contributed by atoms with Gasteiger partial charge in [-0.15, -0.1) is 0 Å². The summed E-state index contributed by atoms with van der Waals surface area (Å²) in [6.07, 6.45) is 0.705. The fourth-order valence-electron chi connectivity index (χ4n) is 1.05. The number of rotatable bonds is 10. The third-order valence-corrected chi connectivity index (χ3v) is 1.88. The average molecular weight is 262 g/mol. The van der Waals surface area contributed by atoms with Crippen LogP contribution >= 0.6 is 0 Å². The molecule has 7 nitrogen and oxygen atoms in total. The molecule has 0 aliphatic heterocycles. The average Bonchev–Trinajstić information content (AvgIpc) is 2.35. The molecule has 0 aromatic carbocycles. The van der Waals surface area contributed by atoms with E-state index >= 15 is 0 Å². The van der Waals surface area contributed by atoms with Gasteiger partial charge in [0.15, 0.2) is 0 Å². The Kier molecular flexibility index (Phi) is 11.2. The van der Waals surface area contributed by atoms with Crippen LogP contribution in [0.3, 0.4) is 0 Å². The van der Waals surface area contributed by atoms with Crippen LogP contribution in [0.5, 0.6) is 0 Å². The SMILES string of the molecule is CCOC(=O)CNC(=O)NCCCOCCOC. The molecule has 0 bridgehead atoms. The number of methoxy groups -OCH3 is 1. The van der Waals surface area contributed by atoms with E-state index in [1.54, 1.807) is 14.0 Å². The highest BCUT2D eigenvalue weighted by atomic mass is 16.5. The summed E-state index contributed by atoms with van der Waals surface area (Å²) >= 11 is 0. The predicted molar refractivity (Wildman–Crippen MR) is 65.3 cm³/mol. The highest BCUT2D eigenvalue weighted by Gasteiger charge is 2.04. The lowest BCUT2D eigenvalue weighted by molar-refractivity contribution is -0.141. The fraction of sp³-hybridized carbons (Fsp3) is 0.818. The molecule has 106 valence electrons. The Morgan fingerprint density at radius 3 is 2.56 bits per heavy atom. The zero-order chi connectivity index (χ0) is 13.6. The van der Waals surface area contributed by atoms with Gasteiger partial charge in [0.2, 0.25) is 0 Å². The third kappa shape index (κ3) is 11.2. The number of hydrogen-bond donors (Lipinski definition) is 2. The molecule has 0 saturated heterocycles. The molecule has 0 unspecified atom stereocenters. The molecule has 0 fully saturated rings. The smallest absolute Gasteiger partial charge is 0.325 e. The van der Waals surface area contributed by atoms with E-state index in [4.69, 9.17) is 9.47 Å². The molecule has 0 radical (unpaired) electrons. The number of carbonyl (C=O) groups is 2. The molecular formula is C11H22N2O5. The van der Waals surface area contributed by atoms with Gasteiger partial charge in [-0.05, 0) is 13.3 Å². The molecule has 0 spiro atoms. The zero-order valence-corrected chi connectivity index (χ0v) is 11.0. The number of hydrogen-bond acceptors (Lipinski definition) is 5. The van der Waals surface area contributed by atoms with Crippen LogP contribution < -0.4 is 10.6 Å². The minimum Gasteiger partial charge on any atom is -0.465 e. The van der Waals surface area contributed by atoms with Crippen molar-refractivity contribution < 1.29 is 23.8 Å². The molecule has 0 aliphatic carbocycles. The molecular weight excluding hydrogens is 240 g/mol. The van der Waals surface area contributed by atoms with Gasteiger partial charge in [0.05, 0.1) is 19.8 Å². The van der Waals surface area contributed by atoms with Crippen LogP contribution in [-0.2, 0) is 19.0 Å². The summed E-state index contributed by atoms with van der Waals surface area (Å²) in [4.78, 5) is 22.1. The van der Waals surface area contributed by atoms with E-state index in [0.29, 0.717) is 39.4 Å². The van der Waals surface area contributed by atoms with Gasteiger partial charge >= 0.3 is 12.0 Å². The summed E-state index contributed by atoms with van der Waals surface area (Å²) in [7, 11) is 1.61. The van der Waals surface area contributed by atoms with Crippen molar-refractivity contribution in [2.45, 2.75) is 13.3 Å². The van der Waals surface area contributed by atoms with E-state index in [0.717, 1.165) is 0 Å². The Balaban J connectivity index is 3.29. The summed E-state index contributed by atoms with van der Waals surface area (Å²) in [5.41, 5.74) is 0. The second kappa shape index (κ2) is 12.1. The lowest BCUT2D eigenvalue weighted by Crippen LogP contribution is -2.39. The Labute approximate surface area is 107 Å². The van der Waals surface area contributed by atoms with Crippen LogP contribution in [0.2, 0.25) is 0 Å². The first-order valence-corrected chi connectivity index (χ1v) is 5.94. The molecule has 0 rings (SSSR count). The summed E-state index contributed by atoms with van der Waals surface area (Å²) in [6.45, 7) is 4.05. The standard InChI is InChI=1S/C11H22N2O5/c1-3-18-10(14)9-13-11(15)12-5-4-6-17-8-7-16-2/h3-9H2,1-2H3,(H2,12,13,15). The predicted octanol–water partition coefficient (Wildman–Crippen LogP) is -0.0982. The lowest BCUT2D eigenvalue weighted by Gasteiger charge is -2.07.